The normalized spacial score (nSPS) is 16.6. The van der Waals surface area contributed by atoms with Crippen LogP contribution in [0.15, 0.2) is 192 Å². The van der Waals surface area contributed by atoms with Crippen molar-refractivity contribution in [2.24, 2.45) is 9.98 Å². The zero-order valence-corrected chi connectivity index (χ0v) is 85.8. The van der Waals surface area contributed by atoms with Gasteiger partial charge in [-0.25, -0.2) is 0 Å². The first kappa shape index (κ1) is 102. The first-order valence-corrected chi connectivity index (χ1v) is 53.3. The SMILES string of the molecule is COCCOCCOCCN(CC(C)(C)SSC)c1cc(CCl)cc(COc2cc3c(cc2OC)C(=O)N2c4ccccc4C[C@H]2C=N3)c1.COCCOCCOCCN(CC(C)(C)SSC)c1cc(COc2cc3c(cc2C)C(=O)N2c4ccccc4C[C@H]2C=N3)cc(COc2cc3c(cc2OC)C(=O)N2c4ccccc4C[C@H]2CC3)c1.COc1cc2c(cc1O)CC[C@@H]1Cc3ccccc3N1C2=O. The number of hydrogen-bond acceptors (Lipinski definition) is 25. The van der Waals surface area contributed by atoms with Gasteiger partial charge >= 0.3 is 0 Å². The molecule has 10 aromatic rings. The molecule has 738 valence electrons. The molecule has 0 saturated heterocycles. The van der Waals surface area contributed by atoms with Crippen molar-refractivity contribution < 1.29 is 81.1 Å². The summed E-state index contributed by atoms with van der Waals surface area (Å²) in [6.45, 7) is 20.0. The molecule has 0 aromatic heterocycles. The van der Waals surface area contributed by atoms with Gasteiger partial charge in [0.1, 0.15) is 25.6 Å². The van der Waals surface area contributed by atoms with E-state index in [0.717, 1.165) is 149 Å². The van der Waals surface area contributed by atoms with E-state index in [9.17, 15) is 24.3 Å². The van der Waals surface area contributed by atoms with E-state index in [1.54, 1.807) is 74.3 Å². The quantitative estimate of drug-likeness (QED) is 0.0213. The number of alkyl halides is 1. The van der Waals surface area contributed by atoms with Crippen LogP contribution < -0.4 is 57.8 Å². The Balaban J connectivity index is 0.000000171. The second-order valence-electron chi connectivity index (χ2n) is 36.9. The fraction of sp³-hybridized carbons (Fsp3) is 0.400. The molecular weight excluding hydrogens is 1870 g/mol. The van der Waals surface area contributed by atoms with E-state index in [4.69, 9.17) is 78.4 Å². The summed E-state index contributed by atoms with van der Waals surface area (Å²) in [6, 6.07) is 59.8. The molecule has 30 heteroatoms. The molecular formula is C110H125ClN8O17S4. The van der Waals surface area contributed by atoms with Gasteiger partial charge in [0, 0.05) is 151 Å². The average Bonchev–Trinajstić information content (AvgIpc) is 1.60. The zero-order chi connectivity index (χ0) is 98.1. The highest BCUT2D eigenvalue weighted by Gasteiger charge is 2.43. The Bertz CT molecular complexity index is 6160. The van der Waals surface area contributed by atoms with Crippen molar-refractivity contribution in [1.29, 1.82) is 0 Å². The van der Waals surface area contributed by atoms with Gasteiger partial charge in [0.05, 0.1) is 122 Å². The predicted molar refractivity (Wildman–Crippen MR) is 565 cm³/mol. The molecule has 25 nitrogen and oxygen atoms in total. The minimum Gasteiger partial charge on any atom is -0.504 e. The van der Waals surface area contributed by atoms with E-state index >= 15 is 0 Å². The van der Waals surface area contributed by atoms with Crippen LogP contribution in [0.2, 0.25) is 0 Å². The van der Waals surface area contributed by atoms with Gasteiger partial charge in [-0.15, -0.1) is 11.6 Å². The van der Waals surface area contributed by atoms with Crippen LogP contribution in [0, 0.1) is 6.92 Å². The molecule has 140 heavy (non-hydrogen) atoms. The third kappa shape index (κ3) is 24.0. The lowest BCUT2D eigenvalue weighted by Gasteiger charge is -2.34. The minimum absolute atomic E-state index is 0.000694. The number of amides is 4. The van der Waals surface area contributed by atoms with Crippen molar-refractivity contribution in [2.75, 3.05) is 170 Å². The molecule has 0 radical (unpaired) electrons. The van der Waals surface area contributed by atoms with Crippen LogP contribution in [0.1, 0.15) is 143 Å². The maximum atomic E-state index is 14.2. The van der Waals surface area contributed by atoms with Crippen LogP contribution in [0.25, 0.3) is 0 Å². The Morgan fingerprint density at radius 2 is 0.764 bits per heavy atom. The molecule has 0 bridgehead atoms. The number of fused-ring (bicyclic) bond motifs is 16. The van der Waals surface area contributed by atoms with Crippen molar-refractivity contribution in [1.82, 2.24) is 0 Å². The predicted octanol–water partition coefficient (Wildman–Crippen LogP) is 20.7. The number of para-hydroxylation sites is 4. The number of hydrogen-bond donors (Lipinski definition) is 1. The van der Waals surface area contributed by atoms with E-state index in [1.807, 2.05) is 158 Å². The van der Waals surface area contributed by atoms with Crippen LogP contribution in [0.3, 0.4) is 0 Å². The fourth-order valence-electron chi connectivity index (χ4n) is 19.6. The standard InChI is InChI=1S/C55H62N4O8S2.C37H46ClN3O6S2.C18H17NO3/c1-36-23-46-47(56-32-44-28-41-12-8-10-14-49(41)59(44)54(46)61)31-50(36)66-33-37-24-38(26-43(25-37)57(35-55(2,3)69-68-6)17-18-64-21-22-65-20-19-62-4)34-67-52-29-39-15-16-42-27-40-11-7-9-13-48(40)58(42)53(60)45(39)30-51(52)63-5;1-37(2,49-48-5)25-40(10-11-45-14-15-46-13-12-43-3)29-17-26(22-38)16-27(18-29)24-47-35-21-32-31(20-34(35)44-4)36(42)41-30(23-39-32)19-28-8-6-7-9-33(28)41;1-22-17-10-14-11(9-16(17)20)6-7-13-8-12-4-2-3-5-15(12)19(13)18(14)21/h7-14,23-26,29-32,42,44H,15-22,27-28,33-35H2,1-6H3;6-9,16-18,20-21,23,30H,10-15,19,22,24-25H2,1-5H3;2-5,9-10,13,20H,6-8H2,1H3/t42-,44+;30-;13-/m101/s1. The number of nitrogens with zero attached hydrogens (tertiary/aromatic N) is 8. The smallest absolute Gasteiger partial charge is 0.261 e. The minimum atomic E-state index is -0.138. The van der Waals surface area contributed by atoms with E-state index in [-0.39, 0.29) is 82.9 Å². The molecule has 18 rings (SSSR count). The number of methoxy groups -OCH3 is 5. The highest BCUT2D eigenvalue weighted by atomic mass is 35.5. The van der Waals surface area contributed by atoms with Gasteiger partial charge < -0.3 is 81.5 Å². The van der Waals surface area contributed by atoms with Crippen molar-refractivity contribution >= 4 is 136 Å². The van der Waals surface area contributed by atoms with Gasteiger partial charge in [0.25, 0.3) is 23.6 Å². The van der Waals surface area contributed by atoms with Crippen molar-refractivity contribution in [3.63, 3.8) is 0 Å². The number of benzene rings is 10. The summed E-state index contributed by atoms with van der Waals surface area (Å²) >= 11 is 6.42. The summed E-state index contributed by atoms with van der Waals surface area (Å²) in [5.41, 5.74) is 20.7. The van der Waals surface area contributed by atoms with Gasteiger partial charge in [0.2, 0.25) is 0 Å². The number of aryl methyl sites for hydroxylation is 3. The van der Waals surface area contributed by atoms with Crippen molar-refractivity contribution in [3.8, 4) is 40.2 Å². The Morgan fingerprint density at radius 3 is 1.21 bits per heavy atom. The summed E-state index contributed by atoms with van der Waals surface area (Å²) in [5.74, 6) is 3.40. The van der Waals surface area contributed by atoms with Gasteiger partial charge in [-0.1, -0.05) is 122 Å². The summed E-state index contributed by atoms with van der Waals surface area (Å²) < 4.78 is 69.9. The van der Waals surface area contributed by atoms with Crippen LogP contribution in [-0.4, -0.2) is 215 Å². The number of aliphatic imine (C=N–C) groups is 2. The number of carbonyl (C=O) groups is 4. The molecule has 8 aliphatic rings. The number of aromatic hydroxyl groups is 1. The van der Waals surface area contributed by atoms with Crippen LogP contribution >= 0.6 is 54.8 Å². The Hall–Kier alpha value is -10.9. The average molecular weight is 1990 g/mol. The Kier molecular flexibility index (Phi) is 34.5. The highest BCUT2D eigenvalue weighted by Crippen LogP contribution is 2.48. The Morgan fingerprint density at radius 1 is 0.400 bits per heavy atom. The van der Waals surface area contributed by atoms with Crippen LogP contribution in [0.5, 0.6) is 40.2 Å². The van der Waals surface area contributed by atoms with E-state index in [2.05, 4.69) is 111 Å². The molecule has 0 spiro atoms. The lowest BCUT2D eigenvalue weighted by Crippen LogP contribution is -2.38. The number of ether oxygens (including phenoxy) is 12. The summed E-state index contributed by atoms with van der Waals surface area (Å²) in [6.07, 6.45) is 14.5. The summed E-state index contributed by atoms with van der Waals surface area (Å²) in [7, 11) is 15.2. The van der Waals surface area contributed by atoms with Crippen LogP contribution in [-0.2, 0) is 92.6 Å². The van der Waals surface area contributed by atoms with Crippen molar-refractivity contribution in [2.45, 2.75) is 145 Å². The van der Waals surface area contributed by atoms with E-state index in [1.165, 1.54) is 18.2 Å². The maximum absolute atomic E-state index is 14.2. The molecule has 4 amide bonds. The maximum Gasteiger partial charge on any atom is 0.261 e. The topological polar surface area (TPSA) is 243 Å². The lowest BCUT2D eigenvalue weighted by atomic mass is 9.99. The largest absolute Gasteiger partial charge is 0.504 e. The number of phenols is 1. The number of rotatable bonds is 41. The number of anilines is 6. The highest BCUT2D eigenvalue weighted by molar-refractivity contribution is 8.77. The summed E-state index contributed by atoms with van der Waals surface area (Å²) in [4.78, 5) is 77.1. The van der Waals surface area contributed by atoms with Crippen molar-refractivity contribution in [3.05, 3.63) is 265 Å². The molecule has 4 atom stereocenters. The van der Waals surface area contributed by atoms with E-state index < -0.39 is 0 Å². The number of phenolic OH excluding ortho intramolecular Hbond substituents is 1. The van der Waals surface area contributed by atoms with Crippen LogP contribution in [0.4, 0.5) is 45.5 Å². The van der Waals surface area contributed by atoms with Gasteiger partial charge in [-0.05, 0) is 238 Å². The molecule has 0 unspecified atom stereocenters. The first-order chi connectivity index (χ1) is 68.0. The third-order valence-corrected chi connectivity index (χ3v) is 31.6. The van der Waals surface area contributed by atoms with Gasteiger partial charge in [0.15, 0.2) is 34.5 Å². The molecule has 1 N–H and O–H groups in total. The molecule has 0 aliphatic carbocycles. The third-order valence-electron chi connectivity index (χ3n) is 26.1. The Labute approximate surface area is 842 Å². The van der Waals surface area contributed by atoms with Gasteiger partial charge in [-0.2, -0.15) is 0 Å². The molecule has 8 aliphatic heterocycles. The zero-order valence-electron chi connectivity index (χ0n) is 81.7. The monoisotopic (exact) mass is 1990 g/mol. The first-order valence-electron chi connectivity index (χ1n) is 47.6. The number of carbonyl (C=O) groups excluding carboxylic acids is 4. The second-order valence-corrected chi connectivity index (χ2v) is 43.4. The molecule has 0 saturated carbocycles. The fourth-order valence-corrected chi connectivity index (χ4v) is 24.1. The molecule has 10 aromatic carbocycles. The van der Waals surface area contributed by atoms with E-state index in [0.29, 0.717) is 153 Å². The van der Waals surface area contributed by atoms with Gasteiger partial charge in [-0.3, -0.25) is 39.0 Å². The molecule has 8 heterocycles. The summed E-state index contributed by atoms with van der Waals surface area (Å²) in [5, 5.41) is 9.96. The second kappa shape index (κ2) is 47.3. The number of halogens is 1. The molecule has 0 fully saturated rings. The lowest BCUT2D eigenvalue weighted by molar-refractivity contribution is 0.0264.